The summed E-state index contributed by atoms with van der Waals surface area (Å²) in [5, 5.41) is 0. The van der Waals surface area contributed by atoms with Crippen molar-refractivity contribution in [2.75, 3.05) is 6.61 Å². The molecule has 0 fully saturated rings. The smallest absolute Gasteiger partial charge is 0.0759 e. The van der Waals surface area contributed by atoms with Gasteiger partial charge in [0.15, 0.2) is 0 Å². The molecule has 2 rings (SSSR count). The molecule has 1 aliphatic carbocycles. The SMILES string of the molecule is CC(CON)c1cc2c([nH]1)CCCC2. The molecule has 0 aromatic carbocycles. The lowest BCUT2D eigenvalue weighted by atomic mass is 9.98. The fraction of sp³-hybridized carbons (Fsp3) is 0.636. The van der Waals surface area contributed by atoms with Crippen molar-refractivity contribution in [2.45, 2.75) is 38.5 Å². The number of fused-ring (bicyclic) bond motifs is 1. The van der Waals surface area contributed by atoms with Crippen molar-refractivity contribution >= 4 is 0 Å². The number of hydrogen-bond donors (Lipinski definition) is 2. The minimum atomic E-state index is 0.366. The van der Waals surface area contributed by atoms with Crippen LogP contribution in [0.5, 0.6) is 0 Å². The molecule has 0 spiro atoms. The summed E-state index contributed by atoms with van der Waals surface area (Å²) in [5.74, 6) is 5.44. The molecule has 1 aliphatic rings. The quantitative estimate of drug-likeness (QED) is 0.722. The molecule has 3 N–H and O–H groups in total. The molecule has 0 saturated heterocycles. The normalized spacial score (nSPS) is 17.9. The van der Waals surface area contributed by atoms with Crippen molar-refractivity contribution in [1.82, 2.24) is 4.98 Å². The van der Waals surface area contributed by atoms with E-state index in [0.717, 1.165) is 0 Å². The van der Waals surface area contributed by atoms with Crippen molar-refractivity contribution in [2.24, 2.45) is 5.90 Å². The zero-order valence-electron chi connectivity index (χ0n) is 8.68. The maximum atomic E-state index is 5.08. The van der Waals surface area contributed by atoms with Crippen molar-refractivity contribution in [3.05, 3.63) is 23.0 Å². The molecule has 78 valence electrons. The van der Waals surface area contributed by atoms with Gasteiger partial charge in [-0.25, -0.2) is 5.90 Å². The number of H-pyrrole nitrogens is 1. The monoisotopic (exact) mass is 194 g/mol. The first-order chi connectivity index (χ1) is 6.81. The molecule has 1 unspecified atom stereocenters. The average Bonchev–Trinajstić information content (AvgIpc) is 2.61. The van der Waals surface area contributed by atoms with Crippen LogP contribution in [0.4, 0.5) is 0 Å². The molecular formula is C11H18N2O. The van der Waals surface area contributed by atoms with Crippen molar-refractivity contribution in [1.29, 1.82) is 0 Å². The third-order valence-electron chi connectivity index (χ3n) is 3.01. The molecule has 3 heteroatoms. The van der Waals surface area contributed by atoms with Gasteiger partial charge in [-0.2, -0.15) is 0 Å². The molecule has 1 heterocycles. The molecule has 0 bridgehead atoms. The van der Waals surface area contributed by atoms with E-state index < -0.39 is 0 Å². The zero-order chi connectivity index (χ0) is 9.97. The number of aromatic nitrogens is 1. The third-order valence-corrected chi connectivity index (χ3v) is 3.01. The van der Waals surface area contributed by atoms with Crippen LogP contribution in [-0.2, 0) is 17.7 Å². The van der Waals surface area contributed by atoms with Crippen molar-refractivity contribution in [3.8, 4) is 0 Å². The molecule has 3 nitrogen and oxygen atoms in total. The van der Waals surface area contributed by atoms with E-state index in [0.29, 0.717) is 12.5 Å². The summed E-state index contributed by atoms with van der Waals surface area (Å²) in [6.45, 7) is 2.71. The van der Waals surface area contributed by atoms with Crippen molar-refractivity contribution in [3.63, 3.8) is 0 Å². The van der Waals surface area contributed by atoms with Crippen LogP contribution in [0.1, 0.15) is 42.6 Å². The summed E-state index contributed by atoms with van der Waals surface area (Å²) in [6, 6.07) is 2.28. The zero-order valence-corrected chi connectivity index (χ0v) is 8.68. The van der Waals surface area contributed by atoms with Crippen LogP contribution in [-0.4, -0.2) is 11.6 Å². The number of nitrogens with two attached hydrogens (primary N) is 1. The fourth-order valence-electron chi connectivity index (χ4n) is 2.13. The lowest BCUT2D eigenvalue weighted by Gasteiger charge is -2.09. The standard InChI is InChI=1S/C11H18N2O/c1-8(7-14-12)11-6-9-4-2-3-5-10(9)13-11/h6,8,13H,2-5,7,12H2,1H3. The molecule has 0 saturated carbocycles. The predicted octanol–water partition coefficient (Wildman–Crippen LogP) is 1.89. The average molecular weight is 194 g/mol. The molecule has 0 radical (unpaired) electrons. The van der Waals surface area contributed by atoms with Gasteiger partial charge in [0.1, 0.15) is 0 Å². The Morgan fingerprint density at radius 1 is 1.50 bits per heavy atom. The second-order valence-corrected chi connectivity index (χ2v) is 4.17. The van der Waals surface area contributed by atoms with Crippen LogP contribution in [0.15, 0.2) is 6.07 Å². The maximum absolute atomic E-state index is 5.08. The van der Waals surface area contributed by atoms with Crippen LogP contribution >= 0.6 is 0 Å². The van der Waals surface area contributed by atoms with Crippen LogP contribution in [0.25, 0.3) is 0 Å². The Bertz CT molecular complexity index is 283. The predicted molar refractivity (Wildman–Crippen MR) is 56.0 cm³/mol. The highest BCUT2D eigenvalue weighted by molar-refractivity contribution is 5.29. The van der Waals surface area contributed by atoms with E-state index in [-0.39, 0.29) is 0 Å². The van der Waals surface area contributed by atoms with Gasteiger partial charge in [-0.1, -0.05) is 6.92 Å². The lowest BCUT2D eigenvalue weighted by Crippen LogP contribution is -2.08. The van der Waals surface area contributed by atoms with E-state index in [1.807, 2.05) is 0 Å². The molecule has 0 aliphatic heterocycles. The minimum absolute atomic E-state index is 0.366. The second-order valence-electron chi connectivity index (χ2n) is 4.17. The number of aromatic amines is 1. The Morgan fingerprint density at radius 2 is 2.29 bits per heavy atom. The van der Waals surface area contributed by atoms with Gasteiger partial charge in [0.05, 0.1) is 6.61 Å². The lowest BCUT2D eigenvalue weighted by molar-refractivity contribution is 0.126. The van der Waals surface area contributed by atoms with Gasteiger partial charge in [-0.3, -0.25) is 0 Å². The molecular weight excluding hydrogens is 176 g/mol. The van der Waals surface area contributed by atoms with Crippen molar-refractivity contribution < 1.29 is 4.84 Å². The molecule has 14 heavy (non-hydrogen) atoms. The highest BCUT2D eigenvalue weighted by Gasteiger charge is 2.15. The first-order valence-electron chi connectivity index (χ1n) is 5.33. The molecule has 1 aromatic heterocycles. The molecule has 1 aromatic rings. The van der Waals surface area contributed by atoms with E-state index in [2.05, 4.69) is 22.8 Å². The van der Waals surface area contributed by atoms with Gasteiger partial charge in [-0.05, 0) is 37.3 Å². The largest absolute Gasteiger partial charge is 0.362 e. The first kappa shape index (κ1) is 9.74. The Kier molecular flexibility index (Phi) is 2.89. The first-order valence-corrected chi connectivity index (χ1v) is 5.33. The summed E-state index contributed by atoms with van der Waals surface area (Å²) in [6.07, 6.45) is 5.06. The summed E-state index contributed by atoms with van der Waals surface area (Å²) in [4.78, 5) is 8.15. The van der Waals surface area contributed by atoms with E-state index in [9.17, 15) is 0 Å². The summed E-state index contributed by atoms with van der Waals surface area (Å²) in [5.41, 5.74) is 4.19. The van der Waals surface area contributed by atoms with E-state index in [1.165, 1.54) is 42.6 Å². The fourth-order valence-corrected chi connectivity index (χ4v) is 2.13. The van der Waals surface area contributed by atoms with E-state index in [1.54, 1.807) is 0 Å². The van der Waals surface area contributed by atoms with E-state index >= 15 is 0 Å². The Balaban J connectivity index is 2.15. The molecule has 1 atom stereocenters. The number of nitrogens with one attached hydrogen (secondary N) is 1. The summed E-state index contributed by atoms with van der Waals surface area (Å²) >= 11 is 0. The Morgan fingerprint density at radius 3 is 3.00 bits per heavy atom. The van der Waals surface area contributed by atoms with Gasteiger partial charge in [0.2, 0.25) is 0 Å². The van der Waals surface area contributed by atoms with Crippen LogP contribution in [0, 0.1) is 0 Å². The van der Waals surface area contributed by atoms with Gasteiger partial charge < -0.3 is 9.82 Å². The number of aryl methyl sites for hydroxylation is 2. The van der Waals surface area contributed by atoms with Gasteiger partial charge in [-0.15, -0.1) is 0 Å². The highest BCUT2D eigenvalue weighted by atomic mass is 16.6. The maximum Gasteiger partial charge on any atom is 0.0759 e. The van der Waals surface area contributed by atoms with Gasteiger partial charge >= 0.3 is 0 Å². The van der Waals surface area contributed by atoms with Gasteiger partial charge in [0, 0.05) is 17.3 Å². The molecule has 0 amide bonds. The van der Waals surface area contributed by atoms with E-state index in [4.69, 9.17) is 5.90 Å². The van der Waals surface area contributed by atoms with Gasteiger partial charge in [0.25, 0.3) is 0 Å². The van der Waals surface area contributed by atoms with Crippen LogP contribution in [0.3, 0.4) is 0 Å². The topological polar surface area (TPSA) is 51.0 Å². The summed E-state index contributed by atoms with van der Waals surface area (Å²) in [7, 11) is 0. The summed E-state index contributed by atoms with van der Waals surface area (Å²) < 4.78 is 0. The highest BCUT2D eigenvalue weighted by Crippen LogP contribution is 2.25. The van der Waals surface area contributed by atoms with Crippen LogP contribution < -0.4 is 5.90 Å². The minimum Gasteiger partial charge on any atom is -0.362 e. The number of rotatable bonds is 3. The third kappa shape index (κ3) is 1.83. The Labute approximate surface area is 84.6 Å². The Hall–Kier alpha value is -0.800. The number of hydrogen-bond acceptors (Lipinski definition) is 2. The second kappa shape index (κ2) is 4.15. The van der Waals surface area contributed by atoms with Crippen LogP contribution in [0.2, 0.25) is 0 Å².